The van der Waals surface area contributed by atoms with Crippen molar-refractivity contribution >= 4 is 5.95 Å². The number of hydrogen-bond acceptors (Lipinski definition) is 5. The lowest BCUT2D eigenvalue weighted by atomic mass is 10.1. The van der Waals surface area contributed by atoms with Crippen molar-refractivity contribution in [3.05, 3.63) is 36.4 Å². The number of hydrogen-bond donors (Lipinski definition) is 0. The Kier molecular flexibility index (Phi) is 3.55. The third-order valence-electron chi connectivity index (χ3n) is 3.48. The molecule has 0 radical (unpaired) electrons. The van der Waals surface area contributed by atoms with Crippen molar-refractivity contribution in [2.75, 3.05) is 18.0 Å². The number of pyridine rings is 1. The predicted molar refractivity (Wildman–Crippen MR) is 76.0 cm³/mol. The van der Waals surface area contributed by atoms with Gasteiger partial charge in [-0.3, -0.25) is 4.98 Å². The van der Waals surface area contributed by atoms with Gasteiger partial charge in [0.1, 0.15) is 6.07 Å². The number of piperidine rings is 1. The van der Waals surface area contributed by atoms with Crippen LogP contribution < -0.4 is 4.90 Å². The van der Waals surface area contributed by atoms with Gasteiger partial charge in [0.25, 0.3) is 0 Å². The van der Waals surface area contributed by atoms with E-state index in [9.17, 15) is 0 Å². The molecule has 0 atom stereocenters. The third-order valence-corrected chi connectivity index (χ3v) is 3.48. The van der Waals surface area contributed by atoms with E-state index in [1.807, 2.05) is 0 Å². The molecule has 1 aliphatic heterocycles. The lowest BCUT2D eigenvalue weighted by molar-refractivity contribution is 0.568. The van der Waals surface area contributed by atoms with Crippen molar-refractivity contribution < 1.29 is 0 Å². The van der Waals surface area contributed by atoms with Gasteiger partial charge < -0.3 is 4.90 Å². The van der Waals surface area contributed by atoms with Crippen LogP contribution in [0.25, 0.3) is 11.1 Å². The molecule has 1 fully saturated rings. The van der Waals surface area contributed by atoms with Crippen LogP contribution in [0.4, 0.5) is 5.95 Å². The summed E-state index contributed by atoms with van der Waals surface area (Å²) in [7, 11) is 0. The van der Waals surface area contributed by atoms with E-state index < -0.39 is 0 Å². The quantitative estimate of drug-likeness (QED) is 0.834. The largest absolute Gasteiger partial charge is 0.341 e. The fraction of sp³-hybridized carbons (Fsp3) is 0.333. The molecular weight excluding hydrogens is 250 g/mol. The Morgan fingerprint density at radius 2 is 1.70 bits per heavy atom. The Labute approximate surface area is 117 Å². The number of nitrogens with zero attached hydrogens (tertiary/aromatic N) is 5. The Bertz CT molecular complexity index is 623. The average Bonchev–Trinajstić information content (AvgIpc) is 2.56. The molecule has 0 aliphatic carbocycles. The highest BCUT2D eigenvalue weighted by atomic mass is 15.2. The third kappa shape index (κ3) is 2.59. The summed E-state index contributed by atoms with van der Waals surface area (Å²) >= 11 is 0. The van der Waals surface area contributed by atoms with Crippen molar-refractivity contribution in [3.8, 4) is 17.2 Å². The van der Waals surface area contributed by atoms with Crippen molar-refractivity contribution in [2.24, 2.45) is 0 Å². The van der Waals surface area contributed by atoms with Gasteiger partial charge in [-0.25, -0.2) is 9.97 Å². The summed E-state index contributed by atoms with van der Waals surface area (Å²) in [6, 6.07) is 3.89. The van der Waals surface area contributed by atoms with Crippen LogP contribution in [0.2, 0.25) is 0 Å². The van der Waals surface area contributed by atoms with Crippen LogP contribution in [-0.4, -0.2) is 28.0 Å². The Hall–Kier alpha value is -2.48. The molecule has 2 aromatic rings. The van der Waals surface area contributed by atoms with Gasteiger partial charge in [0.05, 0.1) is 5.56 Å². The number of aromatic nitrogens is 3. The molecule has 0 saturated carbocycles. The SMILES string of the molecule is N#Cc1cncc(-c2cnc(N3CCCCC3)nc2)c1. The smallest absolute Gasteiger partial charge is 0.225 e. The van der Waals surface area contributed by atoms with E-state index >= 15 is 0 Å². The van der Waals surface area contributed by atoms with Crippen molar-refractivity contribution in [1.82, 2.24) is 15.0 Å². The zero-order valence-corrected chi connectivity index (χ0v) is 11.2. The monoisotopic (exact) mass is 265 g/mol. The molecule has 0 N–H and O–H groups in total. The van der Waals surface area contributed by atoms with E-state index in [4.69, 9.17) is 5.26 Å². The molecule has 3 rings (SSSR count). The van der Waals surface area contributed by atoms with Gasteiger partial charge >= 0.3 is 0 Å². The summed E-state index contributed by atoms with van der Waals surface area (Å²) in [5, 5.41) is 8.90. The van der Waals surface area contributed by atoms with Crippen LogP contribution in [0.5, 0.6) is 0 Å². The fourth-order valence-electron chi connectivity index (χ4n) is 2.39. The second kappa shape index (κ2) is 5.66. The maximum absolute atomic E-state index is 8.90. The molecule has 1 saturated heterocycles. The van der Waals surface area contributed by atoms with Crippen LogP contribution in [-0.2, 0) is 0 Å². The van der Waals surface area contributed by atoms with E-state index in [2.05, 4.69) is 25.9 Å². The molecule has 0 amide bonds. The van der Waals surface area contributed by atoms with Crippen LogP contribution in [0, 0.1) is 11.3 Å². The van der Waals surface area contributed by atoms with Gasteiger partial charge in [0.2, 0.25) is 5.95 Å². The molecule has 0 unspecified atom stereocenters. The van der Waals surface area contributed by atoms with Gasteiger partial charge in [0.15, 0.2) is 0 Å². The summed E-state index contributed by atoms with van der Waals surface area (Å²) in [5.74, 6) is 0.790. The minimum absolute atomic E-state index is 0.544. The number of rotatable bonds is 2. The molecule has 0 aromatic carbocycles. The van der Waals surface area contributed by atoms with E-state index in [0.717, 1.165) is 30.2 Å². The first-order chi connectivity index (χ1) is 9.86. The minimum Gasteiger partial charge on any atom is -0.341 e. The zero-order valence-electron chi connectivity index (χ0n) is 11.2. The minimum atomic E-state index is 0.544. The maximum Gasteiger partial charge on any atom is 0.225 e. The summed E-state index contributed by atoms with van der Waals surface area (Å²) in [6.07, 6.45) is 10.6. The lowest BCUT2D eigenvalue weighted by Gasteiger charge is -2.26. The van der Waals surface area contributed by atoms with Crippen LogP contribution in [0.1, 0.15) is 24.8 Å². The normalized spacial score (nSPS) is 14.8. The number of nitriles is 1. The molecule has 2 aromatic heterocycles. The van der Waals surface area contributed by atoms with Gasteiger partial charge in [-0.1, -0.05) is 0 Å². The Morgan fingerprint density at radius 1 is 0.950 bits per heavy atom. The summed E-state index contributed by atoms with van der Waals surface area (Å²) in [6.45, 7) is 2.07. The van der Waals surface area contributed by atoms with Crippen molar-refractivity contribution in [1.29, 1.82) is 5.26 Å². The van der Waals surface area contributed by atoms with E-state index in [1.54, 1.807) is 30.9 Å². The van der Waals surface area contributed by atoms with E-state index in [0.29, 0.717) is 5.56 Å². The summed E-state index contributed by atoms with van der Waals surface area (Å²) < 4.78 is 0. The van der Waals surface area contributed by atoms with E-state index in [1.165, 1.54) is 19.3 Å². The molecule has 0 spiro atoms. The van der Waals surface area contributed by atoms with Gasteiger partial charge in [-0.2, -0.15) is 5.26 Å². The molecule has 20 heavy (non-hydrogen) atoms. The van der Waals surface area contributed by atoms with Crippen LogP contribution in [0.3, 0.4) is 0 Å². The Morgan fingerprint density at radius 3 is 2.40 bits per heavy atom. The van der Waals surface area contributed by atoms with Crippen molar-refractivity contribution in [2.45, 2.75) is 19.3 Å². The van der Waals surface area contributed by atoms with Gasteiger partial charge in [-0.15, -0.1) is 0 Å². The average molecular weight is 265 g/mol. The molecule has 0 bridgehead atoms. The van der Waals surface area contributed by atoms with Gasteiger partial charge in [0, 0.05) is 49.0 Å². The first kappa shape index (κ1) is 12.5. The highest BCUT2D eigenvalue weighted by Gasteiger charge is 2.13. The Balaban J connectivity index is 1.83. The second-order valence-corrected chi connectivity index (χ2v) is 4.89. The topological polar surface area (TPSA) is 65.7 Å². The zero-order chi connectivity index (χ0) is 13.8. The molecule has 1 aliphatic rings. The standard InChI is InChI=1S/C15H15N5/c16-7-12-6-13(9-17-8-12)14-10-18-15(19-11-14)20-4-2-1-3-5-20/h6,8-11H,1-5H2. The first-order valence-electron chi connectivity index (χ1n) is 6.79. The lowest BCUT2D eigenvalue weighted by Crippen LogP contribution is -2.30. The first-order valence-corrected chi connectivity index (χ1v) is 6.79. The van der Waals surface area contributed by atoms with Crippen molar-refractivity contribution in [3.63, 3.8) is 0 Å². The van der Waals surface area contributed by atoms with E-state index in [-0.39, 0.29) is 0 Å². The fourth-order valence-corrected chi connectivity index (χ4v) is 2.39. The summed E-state index contributed by atoms with van der Waals surface area (Å²) in [5.41, 5.74) is 2.30. The maximum atomic E-state index is 8.90. The molecular formula is C15H15N5. The second-order valence-electron chi connectivity index (χ2n) is 4.89. The highest BCUT2D eigenvalue weighted by Crippen LogP contribution is 2.20. The van der Waals surface area contributed by atoms with Crippen LogP contribution in [0.15, 0.2) is 30.9 Å². The molecule has 3 heterocycles. The molecule has 5 heteroatoms. The number of anilines is 1. The molecule has 100 valence electrons. The van der Waals surface area contributed by atoms with Crippen LogP contribution >= 0.6 is 0 Å². The predicted octanol–water partition coefficient (Wildman–Crippen LogP) is 2.40. The molecule has 5 nitrogen and oxygen atoms in total. The van der Waals surface area contributed by atoms with Gasteiger partial charge in [-0.05, 0) is 25.3 Å². The highest BCUT2D eigenvalue weighted by molar-refractivity contribution is 5.62. The summed E-state index contributed by atoms with van der Waals surface area (Å²) in [4.78, 5) is 15.2.